The molecule has 1 unspecified atom stereocenters. The largest absolute Gasteiger partial charge is 0.465 e. The second-order valence-electron chi connectivity index (χ2n) is 4.66. The normalized spacial score (nSPS) is 18.9. The molecule has 0 aromatic carbocycles. The van der Waals surface area contributed by atoms with Crippen LogP contribution in [0.4, 0.5) is 5.69 Å². The van der Waals surface area contributed by atoms with Gasteiger partial charge in [0.15, 0.2) is 0 Å². The Balaban J connectivity index is 2.27. The Hall–Kier alpha value is -1.67. The van der Waals surface area contributed by atoms with Gasteiger partial charge < -0.3 is 9.64 Å². The summed E-state index contributed by atoms with van der Waals surface area (Å²) in [6.45, 7) is 0.179. The van der Waals surface area contributed by atoms with Crippen molar-refractivity contribution in [2.24, 2.45) is 5.92 Å². The van der Waals surface area contributed by atoms with Crippen molar-refractivity contribution >= 4 is 37.3 Å². The molecule has 2 rings (SSSR count). The zero-order valence-electron chi connectivity index (χ0n) is 11.2. The van der Waals surface area contributed by atoms with Crippen molar-refractivity contribution in [1.29, 1.82) is 0 Å². The van der Waals surface area contributed by atoms with Gasteiger partial charge in [-0.2, -0.15) is 0 Å². The zero-order valence-corrected chi connectivity index (χ0v) is 12.7. The molecule has 0 bridgehead atoms. The second-order valence-corrected chi connectivity index (χ2v) is 7.49. The number of carbonyl (C=O) groups is 2. The van der Waals surface area contributed by atoms with E-state index in [0.717, 1.165) is 0 Å². The van der Waals surface area contributed by atoms with Crippen LogP contribution in [0.3, 0.4) is 0 Å². The SMILES string of the molecule is COC(=O)c1cnccc1N1CC(CS(=O)(=O)Cl)CC1=O. The van der Waals surface area contributed by atoms with E-state index < -0.39 is 20.9 Å². The van der Waals surface area contributed by atoms with Gasteiger partial charge in [0.1, 0.15) is 5.56 Å². The monoisotopic (exact) mass is 332 g/mol. The standard InChI is InChI=1S/C12H13ClN2O5S/c1-20-12(17)9-5-14-3-2-10(9)15-6-8(4-11(15)16)7-21(13,18)19/h2-3,5,8H,4,6-7H2,1H3. The van der Waals surface area contributed by atoms with E-state index in [-0.39, 0.29) is 30.2 Å². The zero-order chi connectivity index (χ0) is 15.6. The number of carbonyl (C=O) groups excluding carboxylic acids is 2. The highest BCUT2D eigenvalue weighted by Gasteiger charge is 2.35. The molecule has 0 spiro atoms. The van der Waals surface area contributed by atoms with E-state index in [2.05, 4.69) is 9.72 Å². The number of methoxy groups -OCH3 is 1. The number of pyridine rings is 1. The van der Waals surface area contributed by atoms with Gasteiger partial charge in [-0.05, 0) is 6.07 Å². The van der Waals surface area contributed by atoms with Gasteiger partial charge in [-0.25, -0.2) is 13.2 Å². The Labute approximate surface area is 126 Å². The first-order valence-electron chi connectivity index (χ1n) is 6.07. The first kappa shape index (κ1) is 15.7. The maximum Gasteiger partial charge on any atom is 0.341 e. The molecule has 1 aromatic heterocycles. The van der Waals surface area contributed by atoms with Crippen molar-refractivity contribution in [2.75, 3.05) is 24.3 Å². The summed E-state index contributed by atoms with van der Waals surface area (Å²) in [5.41, 5.74) is 0.513. The van der Waals surface area contributed by atoms with Crippen molar-refractivity contribution < 1.29 is 22.7 Å². The van der Waals surface area contributed by atoms with Crippen LogP contribution in [0.15, 0.2) is 18.5 Å². The molecule has 1 atom stereocenters. The van der Waals surface area contributed by atoms with Gasteiger partial charge in [-0.15, -0.1) is 0 Å². The molecule has 9 heteroatoms. The van der Waals surface area contributed by atoms with E-state index in [9.17, 15) is 18.0 Å². The van der Waals surface area contributed by atoms with Gasteiger partial charge in [-0.1, -0.05) is 0 Å². The van der Waals surface area contributed by atoms with Gasteiger partial charge >= 0.3 is 5.97 Å². The van der Waals surface area contributed by atoms with Crippen LogP contribution < -0.4 is 4.90 Å². The fourth-order valence-corrected chi connectivity index (χ4v) is 3.62. The lowest BCUT2D eigenvalue weighted by Crippen LogP contribution is -2.27. The molecule has 1 amide bonds. The topological polar surface area (TPSA) is 93.6 Å². The van der Waals surface area contributed by atoms with Crippen LogP contribution in [0.25, 0.3) is 0 Å². The number of esters is 1. The smallest absolute Gasteiger partial charge is 0.341 e. The Bertz CT molecular complexity index is 676. The molecule has 7 nitrogen and oxygen atoms in total. The molecule has 0 radical (unpaired) electrons. The van der Waals surface area contributed by atoms with Crippen molar-refractivity contribution in [3.8, 4) is 0 Å². The third-order valence-electron chi connectivity index (χ3n) is 3.13. The van der Waals surface area contributed by atoms with E-state index in [1.54, 1.807) is 0 Å². The van der Waals surface area contributed by atoms with Crippen LogP contribution in [0.2, 0.25) is 0 Å². The van der Waals surface area contributed by atoms with Crippen LogP contribution in [0, 0.1) is 5.92 Å². The predicted molar refractivity (Wildman–Crippen MR) is 75.7 cm³/mol. The number of hydrogen-bond donors (Lipinski definition) is 0. The maximum absolute atomic E-state index is 12.0. The molecule has 1 aromatic rings. The van der Waals surface area contributed by atoms with Crippen LogP contribution in [0.1, 0.15) is 16.8 Å². The van der Waals surface area contributed by atoms with Gasteiger partial charge in [0.2, 0.25) is 15.0 Å². The summed E-state index contributed by atoms with van der Waals surface area (Å²) in [5, 5.41) is 0. The number of rotatable bonds is 4. The molecular weight excluding hydrogens is 320 g/mol. The van der Waals surface area contributed by atoms with Gasteiger partial charge in [0.05, 0.1) is 18.6 Å². The minimum Gasteiger partial charge on any atom is -0.465 e. The van der Waals surface area contributed by atoms with Crippen molar-refractivity contribution in [3.05, 3.63) is 24.0 Å². The molecule has 0 aliphatic carbocycles. The van der Waals surface area contributed by atoms with Gasteiger partial charge in [-0.3, -0.25) is 9.78 Å². The lowest BCUT2D eigenvalue weighted by molar-refractivity contribution is -0.117. The summed E-state index contributed by atoms with van der Waals surface area (Å²) in [7, 11) is 2.77. The second kappa shape index (κ2) is 5.98. The number of amides is 1. The Morgan fingerprint density at radius 1 is 1.57 bits per heavy atom. The Morgan fingerprint density at radius 2 is 2.29 bits per heavy atom. The maximum atomic E-state index is 12.0. The minimum atomic E-state index is -3.68. The van der Waals surface area contributed by atoms with Gasteiger partial charge in [0, 0.05) is 42.0 Å². The molecule has 2 heterocycles. The number of nitrogens with zero attached hydrogens (tertiary/aromatic N) is 2. The number of hydrogen-bond acceptors (Lipinski definition) is 6. The molecule has 21 heavy (non-hydrogen) atoms. The quantitative estimate of drug-likeness (QED) is 0.597. The fraction of sp³-hybridized carbons (Fsp3) is 0.417. The number of aromatic nitrogens is 1. The lowest BCUT2D eigenvalue weighted by Gasteiger charge is -2.18. The lowest BCUT2D eigenvalue weighted by atomic mass is 10.1. The number of halogens is 1. The summed E-state index contributed by atoms with van der Waals surface area (Å²) in [4.78, 5) is 28.9. The summed E-state index contributed by atoms with van der Waals surface area (Å²) >= 11 is 0. The van der Waals surface area contributed by atoms with Crippen LogP contribution >= 0.6 is 10.7 Å². The predicted octanol–water partition coefficient (Wildman–Crippen LogP) is 0.790. The van der Waals surface area contributed by atoms with E-state index in [1.165, 1.54) is 30.5 Å². The highest BCUT2D eigenvalue weighted by Crippen LogP contribution is 2.29. The molecule has 1 saturated heterocycles. The minimum absolute atomic E-state index is 0.0644. The van der Waals surface area contributed by atoms with Gasteiger partial charge in [0.25, 0.3) is 0 Å². The summed E-state index contributed by atoms with van der Waals surface area (Å²) in [6, 6.07) is 1.52. The average Bonchev–Trinajstić information content (AvgIpc) is 2.76. The highest BCUT2D eigenvalue weighted by atomic mass is 35.7. The van der Waals surface area contributed by atoms with E-state index in [4.69, 9.17) is 10.7 Å². The number of anilines is 1. The van der Waals surface area contributed by atoms with Crippen LogP contribution in [-0.2, 0) is 18.6 Å². The van der Waals surface area contributed by atoms with Crippen molar-refractivity contribution in [1.82, 2.24) is 4.98 Å². The van der Waals surface area contributed by atoms with E-state index in [1.807, 2.05) is 0 Å². The molecule has 1 aliphatic rings. The molecule has 1 fully saturated rings. The van der Waals surface area contributed by atoms with E-state index >= 15 is 0 Å². The van der Waals surface area contributed by atoms with Crippen LogP contribution in [0.5, 0.6) is 0 Å². The third kappa shape index (κ3) is 3.70. The first-order chi connectivity index (χ1) is 9.81. The fourth-order valence-electron chi connectivity index (χ4n) is 2.30. The summed E-state index contributed by atoms with van der Waals surface area (Å²) < 4.78 is 26.9. The van der Waals surface area contributed by atoms with Crippen molar-refractivity contribution in [3.63, 3.8) is 0 Å². The first-order valence-corrected chi connectivity index (χ1v) is 8.54. The molecule has 0 N–H and O–H groups in total. The molecule has 0 saturated carbocycles. The third-order valence-corrected chi connectivity index (χ3v) is 4.38. The Kier molecular flexibility index (Phi) is 4.48. The van der Waals surface area contributed by atoms with E-state index in [0.29, 0.717) is 5.69 Å². The average molecular weight is 333 g/mol. The van der Waals surface area contributed by atoms with Crippen LogP contribution in [-0.4, -0.2) is 44.7 Å². The molecule has 1 aliphatic heterocycles. The Morgan fingerprint density at radius 3 is 2.90 bits per heavy atom. The van der Waals surface area contributed by atoms with Crippen molar-refractivity contribution in [2.45, 2.75) is 6.42 Å². The highest BCUT2D eigenvalue weighted by molar-refractivity contribution is 8.13. The molecular formula is C12H13ClN2O5S. The molecule has 114 valence electrons. The number of ether oxygens (including phenoxy) is 1. The summed E-state index contributed by atoms with van der Waals surface area (Å²) in [6.07, 6.45) is 2.82. The summed E-state index contributed by atoms with van der Waals surface area (Å²) in [5.74, 6) is -1.57.